The number of amides is 1. The van der Waals surface area contributed by atoms with Crippen molar-refractivity contribution in [1.29, 1.82) is 0 Å². The fourth-order valence-electron chi connectivity index (χ4n) is 2.37. The molecule has 1 atom stereocenters. The van der Waals surface area contributed by atoms with Crippen molar-refractivity contribution in [2.75, 3.05) is 13.2 Å². The van der Waals surface area contributed by atoms with Gasteiger partial charge < -0.3 is 10.1 Å². The Kier molecular flexibility index (Phi) is 4.74. The van der Waals surface area contributed by atoms with Crippen LogP contribution in [0, 0.1) is 5.41 Å². The quantitative estimate of drug-likeness (QED) is 0.852. The zero-order chi connectivity index (χ0) is 14.8. The molecule has 0 saturated carbocycles. The van der Waals surface area contributed by atoms with E-state index in [2.05, 4.69) is 42.0 Å². The second kappa shape index (κ2) is 6.17. The molecule has 1 unspecified atom stereocenters. The average molecular weight is 340 g/mol. The van der Waals surface area contributed by atoms with Gasteiger partial charge in [0.05, 0.1) is 6.61 Å². The molecule has 20 heavy (non-hydrogen) atoms. The summed E-state index contributed by atoms with van der Waals surface area (Å²) in [6.07, 6.45) is 1.91. The van der Waals surface area contributed by atoms with Crippen molar-refractivity contribution < 1.29 is 9.53 Å². The fourth-order valence-corrected chi connectivity index (χ4v) is 3.50. The molecule has 1 aromatic rings. The van der Waals surface area contributed by atoms with Crippen molar-refractivity contribution in [1.82, 2.24) is 5.32 Å². The maximum Gasteiger partial charge on any atom is 0.251 e. The molecule has 1 aliphatic heterocycles. The monoisotopic (exact) mass is 339 g/mol. The first-order chi connectivity index (χ1) is 9.35. The van der Waals surface area contributed by atoms with Crippen LogP contribution in [-0.2, 0) is 6.42 Å². The maximum absolute atomic E-state index is 12.1. The lowest BCUT2D eigenvalue weighted by molar-refractivity contribution is 0.0952. The number of hydrogen-bond donors (Lipinski definition) is 1. The third kappa shape index (κ3) is 4.23. The van der Waals surface area contributed by atoms with E-state index in [1.54, 1.807) is 0 Å². The lowest BCUT2D eigenvalue weighted by Crippen LogP contribution is -2.31. The summed E-state index contributed by atoms with van der Waals surface area (Å²) in [5, 5.41) is 2.99. The van der Waals surface area contributed by atoms with Gasteiger partial charge in [-0.1, -0.05) is 36.7 Å². The van der Waals surface area contributed by atoms with Crippen LogP contribution in [0.3, 0.4) is 0 Å². The fraction of sp³-hybridized carbons (Fsp3) is 0.562. The van der Waals surface area contributed by atoms with E-state index >= 15 is 0 Å². The van der Waals surface area contributed by atoms with Gasteiger partial charge in [-0.15, -0.1) is 0 Å². The highest BCUT2D eigenvalue weighted by molar-refractivity contribution is 9.09. The summed E-state index contributed by atoms with van der Waals surface area (Å²) in [7, 11) is 0. The second-order valence-electron chi connectivity index (χ2n) is 6.49. The molecule has 4 heteroatoms. The van der Waals surface area contributed by atoms with E-state index < -0.39 is 0 Å². The van der Waals surface area contributed by atoms with Crippen LogP contribution >= 0.6 is 15.9 Å². The Bertz CT molecular complexity index is 494. The molecule has 110 valence electrons. The van der Waals surface area contributed by atoms with Gasteiger partial charge in [-0.2, -0.15) is 0 Å². The molecule has 3 nitrogen and oxygen atoms in total. The Balaban J connectivity index is 1.89. The summed E-state index contributed by atoms with van der Waals surface area (Å²) >= 11 is 3.63. The third-order valence-corrected chi connectivity index (χ3v) is 3.92. The van der Waals surface area contributed by atoms with Crippen LogP contribution in [0.15, 0.2) is 18.2 Å². The maximum atomic E-state index is 12.1. The zero-order valence-corrected chi connectivity index (χ0v) is 13.9. The first kappa shape index (κ1) is 15.4. The lowest BCUT2D eigenvalue weighted by Gasteiger charge is -2.22. The minimum Gasteiger partial charge on any atom is -0.493 e. The SMILES string of the molecule is CC(C)(C)CC(Br)CNC(=O)c1ccc2c(c1)CCO2. The molecule has 1 aromatic carbocycles. The summed E-state index contributed by atoms with van der Waals surface area (Å²) in [4.78, 5) is 12.4. The first-order valence-corrected chi connectivity index (χ1v) is 7.95. The summed E-state index contributed by atoms with van der Waals surface area (Å²) in [5.74, 6) is 0.894. The zero-order valence-electron chi connectivity index (χ0n) is 12.3. The number of benzene rings is 1. The van der Waals surface area contributed by atoms with Crippen molar-refractivity contribution in [3.63, 3.8) is 0 Å². The van der Waals surface area contributed by atoms with Crippen LogP contribution in [0.1, 0.15) is 43.1 Å². The number of hydrogen-bond acceptors (Lipinski definition) is 2. The molecule has 0 saturated heterocycles. The van der Waals surface area contributed by atoms with Crippen molar-refractivity contribution in [2.24, 2.45) is 5.41 Å². The van der Waals surface area contributed by atoms with E-state index in [1.165, 1.54) is 0 Å². The Labute approximate surface area is 129 Å². The number of ether oxygens (including phenoxy) is 1. The summed E-state index contributed by atoms with van der Waals surface area (Å²) in [6.45, 7) is 7.95. The van der Waals surface area contributed by atoms with Crippen LogP contribution in [0.4, 0.5) is 0 Å². The normalized spacial score (nSPS) is 15.4. The number of rotatable bonds is 4. The number of alkyl halides is 1. The molecule has 0 bridgehead atoms. The molecule has 0 spiro atoms. The van der Waals surface area contributed by atoms with E-state index in [0.29, 0.717) is 16.9 Å². The van der Waals surface area contributed by atoms with Crippen molar-refractivity contribution in [3.8, 4) is 5.75 Å². The Morgan fingerprint density at radius 1 is 1.45 bits per heavy atom. The molecule has 1 aliphatic rings. The molecule has 0 aromatic heterocycles. The van der Waals surface area contributed by atoms with Gasteiger partial charge in [0.2, 0.25) is 0 Å². The van der Waals surface area contributed by atoms with Crippen molar-refractivity contribution in [3.05, 3.63) is 29.3 Å². The average Bonchev–Trinajstić information content (AvgIpc) is 2.80. The molecule has 0 fully saturated rings. The highest BCUT2D eigenvalue weighted by atomic mass is 79.9. The Hall–Kier alpha value is -1.03. The third-order valence-electron chi connectivity index (χ3n) is 3.27. The minimum absolute atomic E-state index is 0.0157. The van der Waals surface area contributed by atoms with Crippen LogP contribution in [0.25, 0.3) is 0 Å². The second-order valence-corrected chi connectivity index (χ2v) is 7.79. The van der Waals surface area contributed by atoms with Gasteiger partial charge in [0, 0.05) is 23.4 Å². The summed E-state index contributed by atoms with van der Waals surface area (Å²) < 4.78 is 5.45. The molecular weight excluding hydrogens is 318 g/mol. The first-order valence-electron chi connectivity index (χ1n) is 7.03. The lowest BCUT2D eigenvalue weighted by atomic mass is 9.90. The van der Waals surface area contributed by atoms with E-state index in [9.17, 15) is 4.79 Å². The molecular formula is C16H22BrNO2. The van der Waals surface area contributed by atoms with Crippen LogP contribution in [-0.4, -0.2) is 23.9 Å². The molecule has 2 rings (SSSR count). The molecule has 0 radical (unpaired) electrons. The van der Waals surface area contributed by atoms with Gasteiger partial charge in [-0.25, -0.2) is 0 Å². The van der Waals surface area contributed by atoms with Crippen LogP contribution < -0.4 is 10.1 Å². The Morgan fingerprint density at radius 2 is 2.20 bits per heavy atom. The van der Waals surface area contributed by atoms with Crippen molar-refractivity contribution in [2.45, 2.75) is 38.4 Å². The standard InChI is InChI=1S/C16H22BrNO2/c1-16(2,3)9-13(17)10-18-15(19)12-4-5-14-11(8-12)6-7-20-14/h4-5,8,13H,6-7,9-10H2,1-3H3,(H,18,19). The summed E-state index contributed by atoms with van der Waals surface area (Å²) in [6, 6.07) is 5.65. The topological polar surface area (TPSA) is 38.3 Å². The number of carbonyl (C=O) groups is 1. The van der Waals surface area contributed by atoms with Gasteiger partial charge >= 0.3 is 0 Å². The molecule has 1 heterocycles. The van der Waals surface area contributed by atoms with Gasteiger partial charge in [-0.05, 0) is 35.6 Å². The largest absolute Gasteiger partial charge is 0.493 e. The van der Waals surface area contributed by atoms with E-state index in [0.717, 1.165) is 30.8 Å². The predicted octanol–water partition coefficient (Wildman–Crippen LogP) is 3.55. The molecule has 0 aliphatic carbocycles. The molecule has 1 amide bonds. The highest BCUT2D eigenvalue weighted by Gasteiger charge is 2.18. The minimum atomic E-state index is -0.0157. The van der Waals surface area contributed by atoms with Gasteiger partial charge in [0.25, 0.3) is 5.91 Å². The van der Waals surface area contributed by atoms with Gasteiger partial charge in [0.1, 0.15) is 5.75 Å². The van der Waals surface area contributed by atoms with Gasteiger partial charge in [-0.3, -0.25) is 4.79 Å². The number of fused-ring (bicyclic) bond motifs is 1. The predicted molar refractivity (Wildman–Crippen MR) is 84.8 cm³/mol. The smallest absolute Gasteiger partial charge is 0.251 e. The van der Waals surface area contributed by atoms with Gasteiger partial charge in [0.15, 0.2) is 0 Å². The van der Waals surface area contributed by atoms with E-state index in [4.69, 9.17) is 4.74 Å². The number of carbonyl (C=O) groups excluding carboxylic acids is 1. The highest BCUT2D eigenvalue weighted by Crippen LogP contribution is 2.26. The van der Waals surface area contributed by atoms with Crippen LogP contribution in [0.2, 0.25) is 0 Å². The number of nitrogens with one attached hydrogen (secondary N) is 1. The summed E-state index contributed by atoms with van der Waals surface area (Å²) in [5.41, 5.74) is 2.09. The molecule has 1 N–H and O–H groups in total. The van der Waals surface area contributed by atoms with E-state index in [1.807, 2.05) is 18.2 Å². The Morgan fingerprint density at radius 3 is 2.90 bits per heavy atom. The van der Waals surface area contributed by atoms with Crippen LogP contribution in [0.5, 0.6) is 5.75 Å². The van der Waals surface area contributed by atoms with E-state index in [-0.39, 0.29) is 11.3 Å². The number of halogens is 1. The van der Waals surface area contributed by atoms with Crippen molar-refractivity contribution >= 4 is 21.8 Å².